The Kier molecular flexibility index (Phi) is 6.57. The molecule has 0 aromatic heterocycles. The fraction of sp³-hybridized carbons (Fsp3) is 0.562. The molecule has 0 unspecified atom stereocenters. The average molecular weight is 262 g/mol. The molecular weight excluding hydrogens is 236 g/mol. The van der Waals surface area contributed by atoms with E-state index in [0.717, 1.165) is 26.2 Å². The largest absolute Gasteiger partial charge is 0.343 e. The zero-order valence-corrected chi connectivity index (χ0v) is 12.6. The highest BCUT2D eigenvalue weighted by Crippen LogP contribution is 2.10. The number of amides is 1. The van der Waals surface area contributed by atoms with Crippen molar-refractivity contribution in [3.05, 3.63) is 34.9 Å². The van der Waals surface area contributed by atoms with Gasteiger partial charge in [-0.15, -0.1) is 0 Å². The standard InChI is InChI=1S/C16H26N2O/c1-5-18(6-2)16(19)9-10-17-12-15-11-13(3)7-8-14(15)4/h7-8,11,17H,5-6,9-10,12H2,1-4H3. The summed E-state index contributed by atoms with van der Waals surface area (Å²) in [5.41, 5.74) is 3.89. The molecule has 0 radical (unpaired) electrons. The van der Waals surface area contributed by atoms with E-state index in [1.54, 1.807) is 0 Å². The van der Waals surface area contributed by atoms with E-state index in [1.165, 1.54) is 16.7 Å². The van der Waals surface area contributed by atoms with Crippen LogP contribution in [0.25, 0.3) is 0 Å². The molecule has 3 heteroatoms. The molecule has 1 aromatic rings. The van der Waals surface area contributed by atoms with Crippen molar-refractivity contribution in [2.24, 2.45) is 0 Å². The minimum Gasteiger partial charge on any atom is -0.343 e. The van der Waals surface area contributed by atoms with Gasteiger partial charge in [0.1, 0.15) is 0 Å². The average Bonchev–Trinajstić information content (AvgIpc) is 2.40. The van der Waals surface area contributed by atoms with E-state index in [1.807, 2.05) is 18.7 Å². The predicted octanol–water partition coefficient (Wildman–Crippen LogP) is 2.65. The van der Waals surface area contributed by atoms with Crippen molar-refractivity contribution in [1.82, 2.24) is 10.2 Å². The fourth-order valence-electron chi connectivity index (χ4n) is 2.14. The number of hydrogen-bond acceptors (Lipinski definition) is 2. The molecule has 0 spiro atoms. The van der Waals surface area contributed by atoms with Crippen LogP contribution < -0.4 is 5.32 Å². The lowest BCUT2D eigenvalue weighted by molar-refractivity contribution is -0.130. The van der Waals surface area contributed by atoms with Gasteiger partial charge in [0.2, 0.25) is 5.91 Å². The van der Waals surface area contributed by atoms with Crippen molar-refractivity contribution in [3.8, 4) is 0 Å². The number of nitrogens with zero attached hydrogens (tertiary/aromatic N) is 1. The van der Waals surface area contributed by atoms with Crippen LogP contribution in [0.1, 0.15) is 37.0 Å². The van der Waals surface area contributed by atoms with Crippen LogP contribution in [0.3, 0.4) is 0 Å². The van der Waals surface area contributed by atoms with E-state index < -0.39 is 0 Å². The van der Waals surface area contributed by atoms with Gasteiger partial charge < -0.3 is 10.2 Å². The number of carbonyl (C=O) groups is 1. The summed E-state index contributed by atoms with van der Waals surface area (Å²) in [5.74, 6) is 0.235. The third-order valence-electron chi connectivity index (χ3n) is 3.45. The minimum absolute atomic E-state index is 0.235. The zero-order valence-electron chi connectivity index (χ0n) is 12.6. The summed E-state index contributed by atoms with van der Waals surface area (Å²) in [6.45, 7) is 11.4. The maximum Gasteiger partial charge on any atom is 0.223 e. The number of hydrogen-bond donors (Lipinski definition) is 1. The summed E-state index contributed by atoms with van der Waals surface area (Å²) in [6.07, 6.45) is 0.576. The van der Waals surface area contributed by atoms with Crippen LogP contribution in [0.15, 0.2) is 18.2 Å². The highest BCUT2D eigenvalue weighted by Gasteiger charge is 2.08. The molecule has 1 rings (SSSR count). The van der Waals surface area contributed by atoms with Gasteiger partial charge in [0.15, 0.2) is 0 Å². The summed E-state index contributed by atoms with van der Waals surface area (Å²) >= 11 is 0. The van der Waals surface area contributed by atoms with Gasteiger partial charge in [0, 0.05) is 32.6 Å². The van der Waals surface area contributed by atoms with Gasteiger partial charge in [-0.3, -0.25) is 4.79 Å². The Morgan fingerprint density at radius 3 is 2.53 bits per heavy atom. The predicted molar refractivity (Wildman–Crippen MR) is 80.2 cm³/mol. The Labute approximate surface area is 117 Å². The molecule has 0 bridgehead atoms. The minimum atomic E-state index is 0.235. The molecule has 1 amide bonds. The van der Waals surface area contributed by atoms with E-state index in [9.17, 15) is 4.79 Å². The number of benzene rings is 1. The molecule has 1 N–H and O–H groups in total. The topological polar surface area (TPSA) is 32.3 Å². The van der Waals surface area contributed by atoms with Crippen molar-refractivity contribution in [2.45, 2.75) is 40.7 Å². The Bertz CT molecular complexity index is 411. The first-order chi connectivity index (χ1) is 9.08. The summed E-state index contributed by atoms with van der Waals surface area (Å²) in [6, 6.07) is 6.48. The third kappa shape index (κ3) is 5.03. The van der Waals surface area contributed by atoms with Crippen molar-refractivity contribution < 1.29 is 4.79 Å². The van der Waals surface area contributed by atoms with Crippen molar-refractivity contribution in [3.63, 3.8) is 0 Å². The summed E-state index contributed by atoms with van der Waals surface area (Å²) in [7, 11) is 0. The lowest BCUT2D eigenvalue weighted by Gasteiger charge is -2.18. The second kappa shape index (κ2) is 7.95. The maximum absolute atomic E-state index is 11.8. The molecule has 0 atom stereocenters. The van der Waals surface area contributed by atoms with E-state index in [-0.39, 0.29) is 5.91 Å². The van der Waals surface area contributed by atoms with Crippen LogP contribution in [0.4, 0.5) is 0 Å². The van der Waals surface area contributed by atoms with Crippen LogP contribution in [-0.4, -0.2) is 30.4 Å². The second-order valence-corrected chi connectivity index (χ2v) is 4.92. The molecule has 0 aliphatic heterocycles. The molecule has 0 fully saturated rings. The first-order valence-electron chi connectivity index (χ1n) is 7.13. The summed E-state index contributed by atoms with van der Waals surface area (Å²) < 4.78 is 0. The maximum atomic E-state index is 11.8. The lowest BCUT2D eigenvalue weighted by atomic mass is 10.1. The van der Waals surface area contributed by atoms with Crippen LogP contribution >= 0.6 is 0 Å². The second-order valence-electron chi connectivity index (χ2n) is 4.92. The van der Waals surface area contributed by atoms with Crippen LogP contribution in [-0.2, 0) is 11.3 Å². The van der Waals surface area contributed by atoms with Gasteiger partial charge >= 0.3 is 0 Å². The molecule has 106 valence electrons. The third-order valence-corrected chi connectivity index (χ3v) is 3.45. The van der Waals surface area contributed by atoms with Gasteiger partial charge in [-0.1, -0.05) is 23.8 Å². The van der Waals surface area contributed by atoms with Gasteiger partial charge in [0.05, 0.1) is 0 Å². The van der Waals surface area contributed by atoms with Crippen LogP contribution in [0.2, 0.25) is 0 Å². The molecule has 0 aliphatic carbocycles. The van der Waals surface area contributed by atoms with Crippen LogP contribution in [0, 0.1) is 13.8 Å². The molecule has 0 saturated heterocycles. The van der Waals surface area contributed by atoms with Crippen molar-refractivity contribution in [1.29, 1.82) is 0 Å². The van der Waals surface area contributed by atoms with E-state index in [2.05, 4.69) is 37.4 Å². The molecular formula is C16H26N2O. The molecule has 1 aromatic carbocycles. The fourth-order valence-corrected chi connectivity index (χ4v) is 2.14. The zero-order chi connectivity index (χ0) is 14.3. The Hall–Kier alpha value is -1.35. The Balaban J connectivity index is 2.35. The molecule has 0 heterocycles. The first-order valence-corrected chi connectivity index (χ1v) is 7.13. The van der Waals surface area contributed by atoms with Gasteiger partial charge in [-0.05, 0) is 38.8 Å². The van der Waals surface area contributed by atoms with E-state index >= 15 is 0 Å². The summed E-state index contributed by atoms with van der Waals surface area (Å²) in [5, 5.41) is 3.36. The van der Waals surface area contributed by atoms with E-state index in [0.29, 0.717) is 6.42 Å². The highest BCUT2D eigenvalue weighted by molar-refractivity contribution is 5.76. The number of carbonyl (C=O) groups excluding carboxylic acids is 1. The van der Waals surface area contributed by atoms with Crippen molar-refractivity contribution in [2.75, 3.05) is 19.6 Å². The monoisotopic (exact) mass is 262 g/mol. The SMILES string of the molecule is CCN(CC)C(=O)CCNCc1cc(C)ccc1C. The highest BCUT2D eigenvalue weighted by atomic mass is 16.2. The number of rotatable bonds is 7. The van der Waals surface area contributed by atoms with Crippen LogP contribution in [0.5, 0.6) is 0 Å². The Morgan fingerprint density at radius 1 is 1.21 bits per heavy atom. The molecule has 0 saturated carbocycles. The number of aryl methyl sites for hydroxylation is 2. The lowest BCUT2D eigenvalue weighted by Crippen LogP contribution is -2.32. The Morgan fingerprint density at radius 2 is 1.89 bits per heavy atom. The molecule has 19 heavy (non-hydrogen) atoms. The normalized spacial score (nSPS) is 10.5. The van der Waals surface area contributed by atoms with E-state index in [4.69, 9.17) is 0 Å². The quantitative estimate of drug-likeness (QED) is 0.766. The molecule has 3 nitrogen and oxygen atoms in total. The summed E-state index contributed by atoms with van der Waals surface area (Å²) in [4.78, 5) is 13.7. The first kappa shape index (κ1) is 15.7. The van der Waals surface area contributed by atoms with Crippen molar-refractivity contribution >= 4 is 5.91 Å². The smallest absolute Gasteiger partial charge is 0.223 e. The molecule has 0 aliphatic rings. The van der Waals surface area contributed by atoms with Gasteiger partial charge in [-0.2, -0.15) is 0 Å². The van der Waals surface area contributed by atoms with Gasteiger partial charge in [0.25, 0.3) is 0 Å². The number of nitrogens with one attached hydrogen (secondary N) is 1. The van der Waals surface area contributed by atoms with Gasteiger partial charge in [-0.25, -0.2) is 0 Å².